The molecular formula is C14H11Cl3N2O. The minimum Gasteiger partial charge on any atom is -0.396 e. The van der Waals surface area contributed by atoms with E-state index in [-0.39, 0.29) is 21.6 Å². The van der Waals surface area contributed by atoms with Crippen LogP contribution in [-0.4, -0.2) is 5.91 Å². The lowest BCUT2D eigenvalue weighted by Crippen LogP contribution is -2.13. The van der Waals surface area contributed by atoms with E-state index in [1.165, 1.54) is 12.1 Å². The molecule has 0 saturated heterocycles. The fourth-order valence-electron chi connectivity index (χ4n) is 1.64. The van der Waals surface area contributed by atoms with Crippen LogP contribution in [0.15, 0.2) is 30.3 Å². The van der Waals surface area contributed by atoms with Gasteiger partial charge >= 0.3 is 0 Å². The number of nitrogens with one attached hydrogen (secondary N) is 1. The average molecular weight is 330 g/mol. The van der Waals surface area contributed by atoms with Gasteiger partial charge in [-0.1, -0.05) is 40.9 Å². The van der Waals surface area contributed by atoms with Gasteiger partial charge in [0.15, 0.2) is 0 Å². The van der Waals surface area contributed by atoms with Crippen molar-refractivity contribution < 1.29 is 4.79 Å². The van der Waals surface area contributed by atoms with Gasteiger partial charge in [0.1, 0.15) is 0 Å². The number of amides is 1. The van der Waals surface area contributed by atoms with Crippen molar-refractivity contribution in [2.45, 2.75) is 6.92 Å². The first kappa shape index (κ1) is 15.0. The van der Waals surface area contributed by atoms with Crippen LogP contribution < -0.4 is 11.1 Å². The zero-order chi connectivity index (χ0) is 14.9. The Morgan fingerprint density at radius 1 is 1.10 bits per heavy atom. The van der Waals surface area contributed by atoms with E-state index < -0.39 is 0 Å². The molecule has 0 aliphatic heterocycles. The summed E-state index contributed by atoms with van der Waals surface area (Å²) in [6.45, 7) is 1.87. The average Bonchev–Trinajstić information content (AvgIpc) is 2.39. The number of hydrogen-bond acceptors (Lipinski definition) is 2. The first-order valence-corrected chi connectivity index (χ1v) is 6.84. The first-order valence-electron chi connectivity index (χ1n) is 5.70. The topological polar surface area (TPSA) is 55.1 Å². The Balaban J connectivity index is 2.31. The monoisotopic (exact) mass is 328 g/mol. The SMILES string of the molecule is Cc1ccc(Cl)cc1NC(=O)c1cc(Cl)c(N)c(Cl)c1. The van der Waals surface area contributed by atoms with Gasteiger partial charge < -0.3 is 11.1 Å². The Hall–Kier alpha value is -1.42. The number of carbonyl (C=O) groups is 1. The highest BCUT2D eigenvalue weighted by Crippen LogP contribution is 2.29. The maximum Gasteiger partial charge on any atom is 0.255 e. The molecule has 0 saturated carbocycles. The second-order valence-electron chi connectivity index (χ2n) is 4.27. The molecule has 0 fully saturated rings. The molecule has 20 heavy (non-hydrogen) atoms. The molecule has 0 atom stereocenters. The highest BCUT2D eigenvalue weighted by molar-refractivity contribution is 6.39. The van der Waals surface area contributed by atoms with Gasteiger partial charge in [-0.25, -0.2) is 0 Å². The molecule has 3 N–H and O–H groups in total. The van der Waals surface area contributed by atoms with Crippen LogP contribution in [0.1, 0.15) is 15.9 Å². The standard InChI is InChI=1S/C14H11Cl3N2O/c1-7-2-3-9(15)6-12(7)19-14(20)8-4-10(16)13(18)11(17)5-8/h2-6H,18H2,1H3,(H,19,20). The van der Waals surface area contributed by atoms with E-state index in [2.05, 4.69) is 5.32 Å². The highest BCUT2D eigenvalue weighted by Gasteiger charge is 2.12. The van der Waals surface area contributed by atoms with Crippen LogP contribution in [-0.2, 0) is 0 Å². The fourth-order valence-corrected chi connectivity index (χ4v) is 2.30. The number of carbonyl (C=O) groups excluding carboxylic acids is 1. The molecule has 1 amide bonds. The number of aryl methyl sites for hydroxylation is 1. The molecule has 0 spiro atoms. The Kier molecular flexibility index (Phi) is 4.43. The third-order valence-corrected chi connectivity index (χ3v) is 3.65. The smallest absolute Gasteiger partial charge is 0.255 e. The number of nitrogens with two attached hydrogens (primary N) is 1. The van der Waals surface area contributed by atoms with E-state index in [9.17, 15) is 4.79 Å². The number of anilines is 2. The van der Waals surface area contributed by atoms with Crippen LogP contribution in [0.3, 0.4) is 0 Å². The van der Waals surface area contributed by atoms with Crippen LogP contribution in [0, 0.1) is 6.92 Å². The summed E-state index contributed by atoms with van der Waals surface area (Å²) in [5.41, 5.74) is 7.74. The summed E-state index contributed by atoms with van der Waals surface area (Å²) in [4.78, 5) is 12.2. The summed E-state index contributed by atoms with van der Waals surface area (Å²) in [5.74, 6) is -0.334. The van der Waals surface area contributed by atoms with E-state index in [1.54, 1.807) is 12.1 Å². The molecule has 0 aliphatic carbocycles. The van der Waals surface area contributed by atoms with Crippen LogP contribution in [0.5, 0.6) is 0 Å². The lowest BCUT2D eigenvalue weighted by molar-refractivity contribution is 0.102. The van der Waals surface area contributed by atoms with Crippen molar-refractivity contribution in [3.05, 3.63) is 56.5 Å². The third-order valence-electron chi connectivity index (χ3n) is 2.79. The molecule has 2 aromatic carbocycles. The van der Waals surface area contributed by atoms with Gasteiger partial charge in [-0.15, -0.1) is 0 Å². The first-order chi connectivity index (χ1) is 9.38. The Morgan fingerprint density at radius 2 is 1.70 bits per heavy atom. The zero-order valence-electron chi connectivity index (χ0n) is 10.5. The van der Waals surface area contributed by atoms with Gasteiger partial charge in [-0.3, -0.25) is 4.79 Å². The number of hydrogen-bond donors (Lipinski definition) is 2. The predicted molar refractivity (Wildman–Crippen MR) is 85.0 cm³/mol. The van der Waals surface area contributed by atoms with Crippen molar-refractivity contribution >= 4 is 52.1 Å². The largest absolute Gasteiger partial charge is 0.396 e. The summed E-state index contributed by atoms with van der Waals surface area (Å²) < 4.78 is 0. The summed E-state index contributed by atoms with van der Waals surface area (Å²) in [5, 5.41) is 3.78. The highest BCUT2D eigenvalue weighted by atomic mass is 35.5. The maximum absolute atomic E-state index is 12.2. The van der Waals surface area contributed by atoms with Gasteiger partial charge in [-0.05, 0) is 36.8 Å². The van der Waals surface area contributed by atoms with Gasteiger partial charge in [0.25, 0.3) is 5.91 Å². The normalized spacial score (nSPS) is 10.4. The summed E-state index contributed by atoms with van der Waals surface area (Å²) >= 11 is 17.7. The van der Waals surface area contributed by atoms with Crippen molar-refractivity contribution in [2.24, 2.45) is 0 Å². The second kappa shape index (κ2) is 5.92. The Labute approximate surface area is 131 Å². The molecule has 0 aliphatic rings. The molecule has 6 heteroatoms. The molecule has 0 aromatic heterocycles. The molecule has 3 nitrogen and oxygen atoms in total. The van der Waals surface area contributed by atoms with E-state index in [1.807, 2.05) is 13.0 Å². The van der Waals surface area contributed by atoms with Crippen LogP contribution in [0.25, 0.3) is 0 Å². The van der Waals surface area contributed by atoms with E-state index in [0.29, 0.717) is 16.3 Å². The van der Waals surface area contributed by atoms with E-state index >= 15 is 0 Å². The second-order valence-corrected chi connectivity index (χ2v) is 5.52. The summed E-state index contributed by atoms with van der Waals surface area (Å²) in [7, 11) is 0. The van der Waals surface area contributed by atoms with Crippen molar-refractivity contribution in [1.82, 2.24) is 0 Å². The van der Waals surface area contributed by atoms with Crippen LogP contribution in [0.4, 0.5) is 11.4 Å². The minimum atomic E-state index is -0.334. The lowest BCUT2D eigenvalue weighted by Gasteiger charge is -2.10. The molecular weight excluding hydrogens is 319 g/mol. The molecule has 0 unspecified atom stereocenters. The van der Waals surface area contributed by atoms with Gasteiger partial charge in [0, 0.05) is 16.3 Å². The molecule has 104 valence electrons. The van der Waals surface area contributed by atoms with E-state index in [4.69, 9.17) is 40.5 Å². The zero-order valence-corrected chi connectivity index (χ0v) is 12.8. The maximum atomic E-state index is 12.2. The lowest BCUT2D eigenvalue weighted by atomic mass is 10.1. The molecule has 0 heterocycles. The molecule has 0 bridgehead atoms. The van der Waals surface area contributed by atoms with Gasteiger partial charge in [0.05, 0.1) is 15.7 Å². The van der Waals surface area contributed by atoms with Gasteiger partial charge in [-0.2, -0.15) is 0 Å². The Morgan fingerprint density at radius 3 is 2.30 bits per heavy atom. The van der Waals surface area contributed by atoms with Crippen molar-refractivity contribution in [3.8, 4) is 0 Å². The third kappa shape index (κ3) is 3.18. The predicted octanol–water partition coefficient (Wildman–Crippen LogP) is 4.79. The number of nitrogen functional groups attached to an aromatic ring is 1. The van der Waals surface area contributed by atoms with Crippen LogP contribution >= 0.6 is 34.8 Å². The number of benzene rings is 2. The molecule has 2 aromatic rings. The minimum absolute atomic E-state index is 0.241. The van der Waals surface area contributed by atoms with E-state index in [0.717, 1.165) is 5.56 Å². The van der Waals surface area contributed by atoms with Crippen molar-refractivity contribution in [1.29, 1.82) is 0 Å². The van der Waals surface area contributed by atoms with Crippen LogP contribution in [0.2, 0.25) is 15.1 Å². The molecule has 0 radical (unpaired) electrons. The number of rotatable bonds is 2. The fraction of sp³-hybridized carbons (Fsp3) is 0.0714. The summed E-state index contributed by atoms with van der Waals surface area (Å²) in [6, 6.07) is 8.19. The van der Waals surface area contributed by atoms with Crippen molar-refractivity contribution in [2.75, 3.05) is 11.1 Å². The Bertz CT molecular complexity index is 663. The number of halogens is 3. The summed E-state index contributed by atoms with van der Waals surface area (Å²) in [6.07, 6.45) is 0. The quantitative estimate of drug-likeness (QED) is 0.778. The van der Waals surface area contributed by atoms with Crippen molar-refractivity contribution in [3.63, 3.8) is 0 Å². The van der Waals surface area contributed by atoms with Gasteiger partial charge in [0.2, 0.25) is 0 Å². The molecule has 2 rings (SSSR count).